The molecule has 2 amide bonds. The third-order valence-electron chi connectivity index (χ3n) is 4.70. The van der Waals surface area contributed by atoms with E-state index in [0.29, 0.717) is 31.6 Å². The summed E-state index contributed by atoms with van der Waals surface area (Å²) in [6.45, 7) is 5.57. The number of nitrogens with zero attached hydrogens (tertiary/aromatic N) is 1. The van der Waals surface area contributed by atoms with E-state index in [2.05, 4.69) is 5.32 Å². The lowest BCUT2D eigenvalue weighted by atomic mass is 9.80. The molecule has 2 aliphatic rings. The van der Waals surface area contributed by atoms with Gasteiger partial charge in [-0.3, -0.25) is 9.69 Å². The lowest BCUT2D eigenvalue weighted by Gasteiger charge is -2.34. The molecule has 1 aromatic rings. The third-order valence-corrected chi connectivity index (χ3v) is 4.70. The van der Waals surface area contributed by atoms with Crippen molar-refractivity contribution in [2.24, 2.45) is 5.92 Å². The van der Waals surface area contributed by atoms with Crippen LogP contribution < -0.4 is 10.2 Å². The number of rotatable bonds is 6. The second-order valence-corrected chi connectivity index (χ2v) is 6.38. The molecule has 24 heavy (non-hydrogen) atoms. The highest BCUT2D eigenvalue weighted by atomic mass is 16.6. The van der Waals surface area contributed by atoms with Gasteiger partial charge in [0.25, 0.3) is 0 Å². The van der Waals surface area contributed by atoms with Gasteiger partial charge in [-0.1, -0.05) is 6.07 Å². The molecule has 6 heteroatoms. The lowest BCUT2D eigenvalue weighted by molar-refractivity contribution is -0.119. The second kappa shape index (κ2) is 7.21. The zero-order valence-electron chi connectivity index (χ0n) is 14.2. The normalized spacial score (nSPS) is 22.9. The van der Waals surface area contributed by atoms with E-state index in [9.17, 15) is 9.59 Å². The quantitative estimate of drug-likeness (QED) is 0.869. The Kier molecular flexibility index (Phi) is 5.04. The minimum absolute atomic E-state index is 0.0131. The average molecular weight is 332 g/mol. The number of cyclic esters (lactones) is 1. The van der Waals surface area contributed by atoms with Gasteiger partial charge in [-0.15, -0.1) is 0 Å². The summed E-state index contributed by atoms with van der Waals surface area (Å²) < 4.78 is 10.5. The van der Waals surface area contributed by atoms with Gasteiger partial charge in [0.2, 0.25) is 5.91 Å². The molecule has 0 atom stereocenters. The Morgan fingerprint density at radius 1 is 1.42 bits per heavy atom. The van der Waals surface area contributed by atoms with Crippen LogP contribution in [0.5, 0.6) is 0 Å². The SMILES string of the molecule is CCOC1CC(CC(=O)Nc2cccc(N3CCOC3=O)c2C)C1. The van der Waals surface area contributed by atoms with E-state index >= 15 is 0 Å². The summed E-state index contributed by atoms with van der Waals surface area (Å²) in [6.07, 6.45) is 2.41. The van der Waals surface area contributed by atoms with Crippen molar-refractivity contribution in [2.45, 2.75) is 39.2 Å². The first-order chi connectivity index (χ1) is 11.6. The van der Waals surface area contributed by atoms with Crippen LogP contribution in [0.15, 0.2) is 18.2 Å². The topological polar surface area (TPSA) is 67.9 Å². The fraction of sp³-hybridized carbons (Fsp3) is 0.556. The van der Waals surface area contributed by atoms with E-state index in [4.69, 9.17) is 9.47 Å². The van der Waals surface area contributed by atoms with Gasteiger partial charge in [0.15, 0.2) is 0 Å². The number of amides is 2. The van der Waals surface area contributed by atoms with Crippen molar-refractivity contribution in [1.82, 2.24) is 0 Å². The van der Waals surface area contributed by atoms with Crippen molar-refractivity contribution in [2.75, 3.05) is 30.0 Å². The van der Waals surface area contributed by atoms with E-state index in [1.54, 1.807) is 4.90 Å². The van der Waals surface area contributed by atoms with Gasteiger partial charge in [0, 0.05) is 18.7 Å². The highest BCUT2D eigenvalue weighted by Crippen LogP contribution is 2.33. The maximum Gasteiger partial charge on any atom is 0.414 e. The molecule has 0 aromatic heterocycles. The third kappa shape index (κ3) is 3.53. The van der Waals surface area contributed by atoms with Gasteiger partial charge in [-0.2, -0.15) is 0 Å². The first-order valence-electron chi connectivity index (χ1n) is 8.53. The molecule has 2 fully saturated rings. The smallest absolute Gasteiger partial charge is 0.414 e. The van der Waals surface area contributed by atoms with Crippen molar-refractivity contribution < 1.29 is 19.1 Å². The van der Waals surface area contributed by atoms with Crippen molar-refractivity contribution in [1.29, 1.82) is 0 Å². The van der Waals surface area contributed by atoms with Gasteiger partial charge in [0.05, 0.1) is 18.3 Å². The van der Waals surface area contributed by atoms with Crippen LogP contribution in [0.1, 0.15) is 31.7 Å². The lowest BCUT2D eigenvalue weighted by Crippen LogP contribution is -2.34. The standard InChI is InChI=1S/C18H24N2O4/c1-3-23-14-9-13(10-14)11-17(21)19-15-5-4-6-16(12(15)2)20-7-8-24-18(20)22/h4-6,13-14H,3,7-11H2,1-2H3,(H,19,21). The fourth-order valence-corrected chi connectivity index (χ4v) is 3.34. The highest BCUT2D eigenvalue weighted by Gasteiger charge is 2.31. The van der Waals surface area contributed by atoms with Gasteiger partial charge < -0.3 is 14.8 Å². The van der Waals surface area contributed by atoms with E-state index in [1.165, 1.54) is 0 Å². The summed E-state index contributed by atoms with van der Waals surface area (Å²) in [5.74, 6) is 0.415. The maximum atomic E-state index is 12.3. The molecule has 1 heterocycles. The summed E-state index contributed by atoms with van der Waals surface area (Å²) in [5, 5.41) is 2.98. The van der Waals surface area contributed by atoms with Crippen molar-refractivity contribution >= 4 is 23.4 Å². The summed E-state index contributed by atoms with van der Waals surface area (Å²) in [5.41, 5.74) is 2.42. The zero-order chi connectivity index (χ0) is 17.1. The van der Waals surface area contributed by atoms with Crippen LogP contribution in [0.2, 0.25) is 0 Å². The van der Waals surface area contributed by atoms with Crippen LogP contribution in [-0.4, -0.2) is 37.9 Å². The molecule has 3 rings (SSSR count). The minimum Gasteiger partial charge on any atom is -0.447 e. The molecule has 1 saturated carbocycles. The average Bonchev–Trinajstić information content (AvgIpc) is 2.93. The van der Waals surface area contributed by atoms with Crippen molar-refractivity contribution in [3.8, 4) is 0 Å². The number of benzene rings is 1. The molecule has 1 saturated heterocycles. The summed E-state index contributed by atoms with van der Waals surface area (Å²) in [6, 6.07) is 5.58. The predicted octanol–water partition coefficient (Wildman–Crippen LogP) is 3.10. The Bertz CT molecular complexity index is 625. The summed E-state index contributed by atoms with van der Waals surface area (Å²) in [4.78, 5) is 25.6. The van der Waals surface area contributed by atoms with Crippen LogP contribution in [0.25, 0.3) is 0 Å². The number of carbonyl (C=O) groups is 2. The number of anilines is 2. The Labute approximate surface area is 142 Å². The Hall–Kier alpha value is -2.08. The van der Waals surface area contributed by atoms with Crippen molar-refractivity contribution in [3.05, 3.63) is 23.8 Å². The molecule has 1 aliphatic carbocycles. The molecule has 1 aromatic carbocycles. The van der Waals surface area contributed by atoms with E-state index in [0.717, 1.165) is 36.4 Å². The monoisotopic (exact) mass is 332 g/mol. The largest absolute Gasteiger partial charge is 0.447 e. The van der Waals surface area contributed by atoms with Crippen molar-refractivity contribution in [3.63, 3.8) is 0 Å². The molecule has 130 valence electrons. The highest BCUT2D eigenvalue weighted by molar-refractivity contribution is 5.95. The number of carbonyl (C=O) groups excluding carboxylic acids is 2. The maximum absolute atomic E-state index is 12.3. The molecular formula is C18H24N2O4. The molecule has 1 N–H and O–H groups in total. The van der Waals surface area contributed by atoms with Crippen LogP contribution >= 0.6 is 0 Å². The minimum atomic E-state index is -0.335. The summed E-state index contributed by atoms with van der Waals surface area (Å²) in [7, 11) is 0. The zero-order valence-corrected chi connectivity index (χ0v) is 14.2. The Balaban J connectivity index is 1.59. The van der Waals surface area contributed by atoms with E-state index < -0.39 is 0 Å². The molecule has 0 bridgehead atoms. The van der Waals surface area contributed by atoms with Gasteiger partial charge >= 0.3 is 6.09 Å². The first-order valence-corrected chi connectivity index (χ1v) is 8.53. The van der Waals surface area contributed by atoms with Crippen LogP contribution in [0, 0.1) is 12.8 Å². The molecule has 0 radical (unpaired) electrons. The van der Waals surface area contributed by atoms with Crippen LogP contribution in [-0.2, 0) is 14.3 Å². The molecule has 0 spiro atoms. The first kappa shape index (κ1) is 16.8. The van der Waals surface area contributed by atoms with E-state index in [-0.39, 0.29) is 12.0 Å². The molecular weight excluding hydrogens is 308 g/mol. The Morgan fingerprint density at radius 2 is 2.21 bits per heavy atom. The number of nitrogens with one attached hydrogen (secondary N) is 1. The molecule has 1 aliphatic heterocycles. The predicted molar refractivity (Wildman–Crippen MR) is 91.3 cm³/mol. The summed E-state index contributed by atoms with van der Waals surface area (Å²) >= 11 is 0. The Morgan fingerprint density at radius 3 is 2.88 bits per heavy atom. The molecule has 0 unspecified atom stereocenters. The van der Waals surface area contributed by atoms with Crippen LogP contribution in [0.3, 0.4) is 0 Å². The van der Waals surface area contributed by atoms with Gasteiger partial charge in [0.1, 0.15) is 6.61 Å². The molecule has 6 nitrogen and oxygen atoms in total. The fourth-order valence-electron chi connectivity index (χ4n) is 3.34. The second-order valence-electron chi connectivity index (χ2n) is 6.38. The number of hydrogen-bond acceptors (Lipinski definition) is 4. The number of hydrogen-bond donors (Lipinski definition) is 1. The van der Waals surface area contributed by atoms with Gasteiger partial charge in [-0.25, -0.2) is 4.79 Å². The van der Waals surface area contributed by atoms with Gasteiger partial charge in [-0.05, 0) is 50.3 Å². The number of ether oxygens (including phenoxy) is 2. The van der Waals surface area contributed by atoms with Crippen LogP contribution in [0.4, 0.5) is 16.2 Å². The van der Waals surface area contributed by atoms with E-state index in [1.807, 2.05) is 32.0 Å².